The van der Waals surface area contributed by atoms with Crippen molar-refractivity contribution in [1.29, 1.82) is 0 Å². The van der Waals surface area contributed by atoms with Crippen LogP contribution in [0.25, 0.3) is 0 Å². The molecule has 2 heteroatoms. The van der Waals surface area contributed by atoms with E-state index in [-0.39, 0.29) is 11.4 Å². The van der Waals surface area contributed by atoms with Gasteiger partial charge in [-0.25, -0.2) is 0 Å². The molecule has 0 aromatic rings. The molecule has 72 valence electrons. The molecule has 0 radical (unpaired) electrons. The van der Waals surface area contributed by atoms with Gasteiger partial charge >= 0.3 is 5.97 Å². The average Bonchev–Trinajstić information content (AvgIpc) is 2.58. The van der Waals surface area contributed by atoms with Crippen LogP contribution in [-0.4, -0.2) is 12.6 Å². The number of fused-ring (bicyclic) bond motifs is 1. The molecule has 2 spiro atoms. The van der Waals surface area contributed by atoms with Crippen molar-refractivity contribution in [2.24, 2.45) is 10.8 Å². The molecule has 1 atom stereocenters. The highest BCUT2D eigenvalue weighted by Gasteiger charge is 2.73. The number of esters is 1. The first kappa shape index (κ1) is 7.84. The second-order valence-electron chi connectivity index (χ2n) is 4.99. The van der Waals surface area contributed by atoms with Crippen molar-refractivity contribution in [2.45, 2.75) is 44.9 Å². The van der Waals surface area contributed by atoms with Gasteiger partial charge in [0, 0.05) is 0 Å². The normalized spacial score (nSPS) is 41.1. The fraction of sp³-hybridized carbons (Fsp3) is 0.909. The molecule has 1 unspecified atom stereocenters. The first-order valence-corrected chi connectivity index (χ1v) is 5.46. The van der Waals surface area contributed by atoms with Crippen LogP contribution in [-0.2, 0) is 9.53 Å². The van der Waals surface area contributed by atoms with Gasteiger partial charge in [-0.2, -0.15) is 0 Å². The minimum Gasteiger partial charge on any atom is -0.465 e. The lowest BCUT2D eigenvalue weighted by Gasteiger charge is -2.24. The van der Waals surface area contributed by atoms with E-state index in [2.05, 4.69) is 0 Å². The van der Waals surface area contributed by atoms with Crippen LogP contribution in [0.5, 0.6) is 0 Å². The summed E-state index contributed by atoms with van der Waals surface area (Å²) in [4.78, 5) is 11.6. The summed E-state index contributed by atoms with van der Waals surface area (Å²) in [5.74, 6) is 0.120. The Hall–Kier alpha value is -0.530. The smallest absolute Gasteiger partial charge is 0.312 e. The molecule has 2 nitrogen and oxygen atoms in total. The summed E-state index contributed by atoms with van der Waals surface area (Å²) in [5.41, 5.74) is 0.409. The summed E-state index contributed by atoms with van der Waals surface area (Å²) in [6.45, 7) is 0.681. The molecule has 0 bridgehead atoms. The lowest BCUT2D eigenvalue weighted by molar-refractivity contribution is -0.143. The molecule has 3 fully saturated rings. The van der Waals surface area contributed by atoms with Crippen LogP contribution < -0.4 is 0 Å². The van der Waals surface area contributed by atoms with Gasteiger partial charge in [0.2, 0.25) is 0 Å². The largest absolute Gasteiger partial charge is 0.465 e. The fourth-order valence-electron chi connectivity index (χ4n) is 3.62. The van der Waals surface area contributed by atoms with E-state index in [1.807, 2.05) is 0 Å². The molecule has 2 aliphatic carbocycles. The molecule has 2 saturated carbocycles. The van der Waals surface area contributed by atoms with Crippen molar-refractivity contribution in [1.82, 2.24) is 0 Å². The predicted octanol–water partition coefficient (Wildman–Crippen LogP) is 2.27. The minimum absolute atomic E-state index is 0.00736. The molecule has 0 aromatic carbocycles. The van der Waals surface area contributed by atoms with Crippen molar-refractivity contribution in [2.75, 3.05) is 6.61 Å². The van der Waals surface area contributed by atoms with E-state index >= 15 is 0 Å². The number of ether oxygens (including phenoxy) is 1. The molecule has 3 rings (SSSR count). The highest BCUT2D eigenvalue weighted by Crippen LogP contribution is 2.73. The highest BCUT2D eigenvalue weighted by atomic mass is 16.5. The first-order chi connectivity index (χ1) is 6.29. The summed E-state index contributed by atoms with van der Waals surface area (Å²) in [7, 11) is 0. The Morgan fingerprint density at radius 3 is 2.46 bits per heavy atom. The number of hydrogen-bond acceptors (Lipinski definition) is 2. The number of cyclic esters (lactones) is 1. The van der Waals surface area contributed by atoms with Crippen LogP contribution in [0.4, 0.5) is 0 Å². The third-order valence-corrected chi connectivity index (χ3v) is 4.49. The number of carbonyl (C=O) groups is 1. The fourth-order valence-corrected chi connectivity index (χ4v) is 3.62. The van der Waals surface area contributed by atoms with Gasteiger partial charge in [0.25, 0.3) is 0 Å². The van der Waals surface area contributed by atoms with Crippen molar-refractivity contribution in [3.63, 3.8) is 0 Å². The van der Waals surface area contributed by atoms with Crippen LogP contribution in [0.15, 0.2) is 0 Å². The molecule has 3 aliphatic rings. The first-order valence-electron chi connectivity index (χ1n) is 5.46. The van der Waals surface area contributed by atoms with Gasteiger partial charge in [0.1, 0.15) is 0 Å². The number of rotatable bonds is 0. The van der Waals surface area contributed by atoms with E-state index in [0.29, 0.717) is 12.0 Å². The molecule has 0 aromatic heterocycles. The summed E-state index contributed by atoms with van der Waals surface area (Å²) in [5, 5.41) is 0. The van der Waals surface area contributed by atoms with Gasteiger partial charge in [-0.1, -0.05) is 19.3 Å². The van der Waals surface area contributed by atoms with Crippen molar-refractivity contribution in [3.8, 4) is 0 Å². The van der Waals surface area contributed by atoms with Crippen LogP contribution >= 0.6 is 0 Å². The van der Waals surface area contributed by atoms with Crippen LogP contribution in [0, 0.1) is 10.8 Å². The summed E-state index contributed by atoms with van der Waals surface area (Å²) in [6.07, 6.45) is 8.73. The van der Waals surface area contributed by atoms with Gasteiger partial charge in [-0.3, -0.25) is 4.79 Å². The molecule has 13 heavy (non-hydrogen) atoms. The molecular weight excluding hydrogens is 164 g/mol. The lowest BCUT2D eigenvalue weighted by atomic mass is 9.79. The molecule has 1 aliphatic heterocycles. The van der Waals surface area contributed by atoms with Gasteiger partial charge in [0.05, 0.1) is 12.0 Å². The maximum absolute atomic E-state index is 11.6. The van der Waals surface area contributed by atoms with E-state index in [4.69, 9.17) is 4.74 Å². The molecule has 1 heterocycles. The maximum atomic E-state index is 11.6. The van der Waals surface area contributed by atoms with E-state index in [1.165, 1.54) is 32.1 Å². The summed E-state index contributed by atoms with van der Waals surface area (Å²) in [6, 6.07) is 0. The second-order valence-corrected chi connectivity index (χ2v) is 4.99. The van der Waals surface area contributed by atoms with Gasteiger partial charge in [0.15, 0.2) is 0 Å². The SMILES string of the molecule is O=C1OCCC12CC21CCCCC1. The van der Waals surface area contributed by atoms with Gasteiger partial charge < -0.3 is 4.74 Å². The Bertz CT molecular complexity index is 253. The summed E-state index contributed by atoms with van der Waals surface area (Å²) >= 11 is 0. The molecule has 1 saturated heterocycles. The Morgan fingerprint density at radius 2 is 1.85 bits per heavy atom. The van der Waals surface area contributed by atoms with Crippen LogP contribution in [0.3, 0.4) is 0 Å². The zero-order chi connectivity index (χ0) is 8.94. The van der Waals surface area contributed by atoms with Crippen LogP contribution in [0.2, 0.25) is 0 Å². The maximum Gasteiger partial charge on any atom is 0.312 e. The average molecular weight is 180 g/mol. The van der Waals surface area contributed by atoms with Crippen molar-refractivity contribution < 1.29 is 9.53 Å². The quantitative estimate of drug-likeness (QED) is 0.534. The highest BCUT2D eigenvalue weighted by molar-refractivity contribution is 5.83. The Labute approximate surface area is 78.6 Å². The summed E-state index contributed by atoms with van der Waals surface area (Å²) < 4.78 is 5.12. The Balaban J connectivity index is 1.85. The van der Waals surface area contributed by atoms with Gasteiger partial charge in [-0.15, -0.1) is 0 Å². The van der Waals surface area contributed by atoms with Crippen molar-refractivity contribution in [3.05, 3.63) is 0 Å². The van der Waals surface area contributed by atoms with E-state index in [0.717, 1.165) is 12.8 Å². The predicted molar refractivity (Wildman–Crippen MR) is 48.1 cm³/mol. The number of carbonyl (C=O) groups excluding carboxylic acids is 1. The third-order valence-electron chi connectivity index (χ3n) is 4.49. The molecule has 0 N–H and O–H groups in total. The van der Waals surface area contributed by atoms with E-state index < -0.39 is 0 Å². The number of hydrogen-bond donors (Lipinski definition) is 0. The van der Waals surface area contributed by atoms with Crippen molar-refractivity contribution >= 4 is 5.97 Å². The Kier molecular flexibility index (Phi) is 1.38. The molecular formula is C11H16O2. The monoisotopic (exact) mass is 180 g/mol. The van der Waals surface area contributed by atoms with Gasteiger partial charge in [-0.05, 0) is 31.1 Å². The third kappa shape index (κ3) is 0.818. The second kappa shape index (κ2) is 2.28. The Morgan fingerprint density at radius 1 is 1.08 bits per heavy atom. The standard InChI is InChI=1S/C11H16O2/c12-9-11(6-7-13-9)8-10(11)4-2-1-3-5-10/h1-8H2. The lowest BCUT2D eigenvalue weighted by Crippen LogP contribution is -2.21. The zero-order valence-corrected chi connectivity index (χ0v) is 7.97. The zero-order valence-electron chi connectivity index (χ0n) is 7.97. The topological polar surface area (TPSA) is 26.3 Å². The molecule has 0 amide bonds. The van der Waals surface area contributed by atoms with Crippen LogP contribution in [0.1, 0.15) is 44.9 Å². The minimum atomic E-state index is 0.00736. The van der Waals surface area contributed by atoms with E-state index in [1.54, 1.807) is 0 Å². The van der Waals surface area contributed by atoms with E-state index in [9.17, 15) is 4.79 Å².